The third-order valence-electron chi connectivity index (χ3n) is 3.71. The molecule has 1 aliphatic carbocycles. The minimum atomic E-state index is 0.673. The van der Waals surface area contributed by atoms with Crippen LogP contribution in [0, 0.1) is 5.92 Å². The van der Waals surface area contributed by atoms with Crippen LogP contribution in [0.15, 0.2) is 0 Å². The van der Waals surface area contributed by atoms with Crippen molar-refractivity contribution in [2.24, 2.45) is 5.92 Å². The predicted octanol–water partition coefficient (Wildman–Crippen LogP) is 2.50. The largest absolute Gasteiger partial charge is 0.315 e. The van der Waals surface area contributed by atoms with E-state index < -0.39 is 0 Å². The fraction of sp³-hybridized carbons (Fsp3) is 1.00. The third kappa shape index (κ3) is 4.98. The molecule has 0 saturated heterocycles. The zero-order valence-corrected chi connectivity index (χ0v) is 10.8. The van der Waals surface area contributed by atoms with Crippen molar-refractivity contribution in [3.63, 3.8) is 0 Å². The van der Waals surface area contributed by atoms with Gasteiger partial charge < -0.3 is 10.2 Å². The van der Waals surface area contributed by atoms with E-state index in [-0.39, 0.29) is 0 Å². The first-order valence-electron chi connectivity index (χ1n) is 6.65. The van der Waals surface area contributed by atoms with Gasteiger partial charge in [0.15, 0.2) is 0 Å². The van der Waals surface area contributed by atoms with Gasteiger partial charge in [0, 0.05) is 19.1 Å². The second kappa shape index (κ2) is 7.24. The first-order valence-corrected chi connectivity index (χ1v) is 6.65. The SMILES string of the molecule is CCNCC(C)N(C)CC1CCCCC1. The van der Waals surface area contributed by atoms with Crippen molar-refractivity contribution in [2.45, 2.75) is 52.0 Å². The van der Waals surface area contributed by atoms with Crippen LogP contribution in [0.1, 0.15) is 46.0 Å². The Balaban J connectivity index is 2.17. The minimum absolute atomic E-state index is 0.673. The summed E-state index contributed by atoms with van der Waals surface area (Å²) in [5, 5.41) is 3.42. The number of nitrogens with zero attached hydrogens (tertiary/aromatic N) is 1. The lowest BCUT2D eigenvalue weighted by atomic mass is 9.89. The van der Waals surface area contributed by atoms with Crippen molar-refractivity contribution in [2.75, 3.05) is 26.7 Å². The molecule has 1 aliphatic rings. The molecule has 0 aliphatic heterocycles. The Kier molecular flexibility index (Phi) is 6.26. The number of rotatable bonds is 6. The molecule has 90 valence electrons. The van der Waals surface area contributed by atoms with Gasteiger partial charge in [0.1, 0.15) is 0 Å². The van der Waals surface area contributed by atoms with E-state index in [9.17, 15) is 0 Å². The minimum Gasteiger partial charge on any atom is -0.315 e. The molecule has 15 heavy (non-hydrogen) atoms. The van der Waals surface area contributed by atoms with Crippen LogP contribution in [-0.2, 0) is 0 Å². The Labute approximate surface area is 95.4 Å². The number of hydrogen-bond donors (Lipinski definition) is 1. The topological polar surface area (TPSA) is 15.3 Å². The Morgan fingerprint density at radius 2 is 1.93 bits per heavy atom. The number of nitrogens with one attached hydrogen (secondary N) is 1. The highest BCUT2D eigenvalue weighted by Gasteiger charge is 2.17. The second-order valence-corrected chi connectivity index (χ2v) is 5.10. The average molecular weight is 212 g/mol. The quantitative estimate of drug-likeness (QED) is 0.728. The van der Waals surface area contributed by atoms with E-state index in [1.807, 2.05) is 0 Å². The fourth-order valence-electron chi connectivity index (χ4n) is 2.47. The Bertz CT molecular complexity index is 153. The summed E-state index contributed by atoms with van der Waals surface area (Å²) < 4.78 is 0. The highest BCUT2D eigenvalue weighted by Crippen LogP contribution is 2.24. The van der Waals surface area contributed by atoms with Gasteiger partial charge in [-0.15, -0.1) is 0 Å². The van der Waals surface area contributed by atoms with Crippen LogP contribution >= 0.6 is 0 Å². The summed E-state index contributed by atoms with van der Waals surface area (Å²) in [6.45, 7) is 8.01. The molecular weight excluding hydrogens is 184 g/mol. The van der Waals surface area contributed by atoms with Crippen molar-refractivity contribution in [3.8, 4) is 0 Å². The molecule has 2 heteroatoms. The standard InChI is InChI=1S/C13H28N2/c1-4-14-10-12(2)15(3)11-13-8-6-5-7-9-13/h12-14H,4-11H2,1-3H3. The molecule has 1 saturated carbocycles. The molecule has 0 amide bonds. The summed E-state index contributed by atoms with van der Waals surface area (Å²) in [7, 11) is 2.27. The Hall–Kier alpha value is -0.0800. The van der Waals surface area contributed by atoms with Gasteiger partial charge in [-0.25, -0.2) is 0 Å². The second-order valence-electron chi connectivity index (χ2n) is 5.10. The average Bonchev–Trinajstić information content (AvgIpc) is 2.27. The van der Waals surface area contributed by atoms with Gasteiger partial charge in [-0.05, 0) is 39.3 Å². The van der Waals surface area contributed by atoms with E-state index in [0.717, 1.165) is 19.0 Å². The molecule has 1 rings (SSSR count). The zero-order chi connectivity index (χ0) is 11.1. The van der Waals surface area contributed by atoms with Crippen LogP contribution in [0.2, 0.25) is 0 Å². The molecule has 1 atom stereocenters. The maximum absolute atomic E-state index is 3.42. The van der Waals surface area contributed by atoms with Crippen molar-refractivity contribution in [1.82, 2.24) is 10.2 Å². The van der Waals surface area contributed by atoms with E-state index in [1.165, 1.54) is 38.6 Å². The Morgan fingerprint density at radius 3 is 2.53 bits per heavy atom. The molecule has 0 spiro atoms. The lowest BCUT2D eigenvalue weighted by Crippen LogP contribution is -2.40. The van der Waals surface area contributed by atoms with E-state index >= 15 is 0 Å². The molecule has 0 radical (unpaired) electrons. The predicted molar refractivity (Wildman–Crippen MR) is 67.2 cm³/mol. The van der Waals surface area contributed by atoms with Gasteiger partial charge in [0.2, 0.25) is 0 Å². The molecule has 0 aromatic carbocycles. The van der Waals surface area contributed by atoms with Crippen molar-refractivity contribution in [1.29, 1.82) is 0 Å². The first kappa shape index (κ1) is 13.0. The highest BCUT2D eigenvalue weighted by atomic mass is 15.1. The maximum atomic E-state index is 3.42. The number of likely N-dealkylation sites (N-methyl/N-ethyl adjacent to an activating group) is 2. The third-order valence-corrected chi connectivity index (χ3v) is 3.71. The molecular formula is C13H28N2. The lowest BCUT2D eigenvalue weighted by Gasteiger charge is -2.31. The molecule has 0 bridgehead atoms. The smallest absolute Gasteiger partial charge is 0.0189 e. The molecule has 1 fully saturated rings. The molecule has 0 aromatic heterocycles. The molecule has 0 aromatic rings. The molecule has 0 heterocycles. The normalized spacial score (nSPS) is 20.8. The van der Waals surface area contributed by atoms with E-state index in [1.54, 1.807) is 0 Å². The monoisotopic (exact) mass is 212 g/mol. The summed E-state index contributed by atoms with van der Waals surface area (Å²) in [5.41, 5.74) is 0. The Morgan fingerprint density at radius 1 is 1.27 bits per heavy atom. The van der Waals surface area contributed by atoms with Gasteiger partial charge in [0.05, 0.1) is 0 Å². The van der Waals surface area contributed by atoms with E-state index in [2.05, 4.69) is 31.1 Å². The fourth-order valence-corrected chi connectivity index (χ4v) is 2.47. The summed E-state index contributed by atoms with van der Waals surface area (Å²) in [5.74, 6) is 0.966. The van der Waals surface area contributed by atoms with Crippen LogP contribution in [-0.4, -0.2) is 37.6 Å². The van der Waals surface area contributed by atoms with Gasteiger partial charge in [-0.1, -0.05) is 26.2 Å². The number of hydrogen-bond acceptors (Lipinski definition) is 2. The summed E-state index contributed by atoms with van der Waals surface area (Å²) in [6, 6.07) is 0.673. The zero-order valence-electron chi connectivity index (χ0n) is 10.8. The van der Waals surface area contributed by atoms with Crippen LogP contribution < -0.4 is 5.32 Å². The van der Waals surface area contributed by atoms with Gasteiger partial charge in [-0.2, -0.15) is 0 Å². The van der Waals surface area contributed by atoms with Crippen molar-refractivity contribution < 1.29 is 0 Å². The van der Waals surface area contributed by atoms with Crippen LogP contribution in [0.3, 0.4) is 0 Å². The van der Waals surface area contributed by atoms with E-state index in [0.29, 0.717) is 6.04 Å². The summed E-state index contributed by atoms with van der Waals surface area (Å²) >= 11 is 0. The molecule has 1 unspecified atom stereocenters. The molecule has 2 nitrogen and oxygen atoms in total. The van der Waals surface area contributed by atoms with Gasteiger partial charge >= 0.3 is 0 Å². The summed E-state index contributed by atoms with van der Waals surface area (Å²) in [6.07, 6.45) is 7.30. The van der Waals surface area contributed by atoms with Crippen LogP contribution in [0.4, 0.5) is 0 Å². The van der Waals surface area contributed by atoms with Crippen molar-refractivity contribution in [3.05, 3.63) is 0 Å². The first-order chi connectivity index (χ1) is 7.24. The van der Waals surface area contributed by atoms with Gasteiger partial charge in [-0.3, -0.25) is 0 Å². The highest BCUT2D eigenvalue weighted by molar-refractivity contribution is 4.73. The van der Waals surface area contributed by atoms with Crippen LogP contribution in [0.5, 0.6) is 0 Å². The van der Waals surface area contributed by atoms with Gasteiger partial charge in [0.25, 0.3) is 0 Å². The van der Waals surface area contributed by atoms with Crippen LogP contribution in [0.25, 0.3) is 0 Å². The van der Waals surface area contributed by atoms with E-state index in [4.69, 9.17) is 0 Å². The lowest BCUT2D eigenvalue weighted by molar-refractivity contribution is 0.188. The maximum Gasteiger partial charge on any atom is 0.0189 e. The summed E-state index contributed by atoms with van der Waals surface area (Å²) in [4.78, 5) is 2.53. The van der Waals surface area contributed by atoms with Crippen molar-refractivity contribution >= 4 is 0 Å². The molecule has 1 N–H and O–H groups in total.